The number of nitrogens with two attached hydrogens (primary N) is 1. The maximum Gasteiger partial charge on any atom is 0.239 e. The van der Waals surface area contributed by atoms with Gasteiger partial charge in [0.15, 0.2) is 0 Å². The smallest absolute Gasteiger partial charge is 0.239 e. The van der Waals surface area contributed by atoms with E-state index in [1.54, 1.807) is 24.1 Å². The topological polar surface area (TPSA) is 58.4 Å². The van der Waals surface area contributed by atoms with Crippen LogP contribution in [-0.2, 0) is 11.3 Å². The Bertz CT molecular complexity index is 409. The summed E-state index contributed by atoms with van der Waals surface area (Å²) >= 11 is 0. The Balaban J connectivity index is 2.63. The largest absolute Gasteiger partial charge is 0.365 e. The van der Waals surface area contributed by atoms with E-state index >= 15 is 0 Å². The second-order valence-electron chi connectivity index (χ2n) is 4.19. The molecular weight excluding hydrogens is 233 g/mol. The van der Waals surface area contributed by atoms with Gasteiger partial charge in [-0.2, -0.15) is 0 Å². The zero-order valence-corrected chi connectivity index (χ0v) is 10.9. The molecule has 0 heterocycles. The second-order valence-corrected chi connectivity index (χ2v) is 4.19. The minimum Gasteiger partial charge on any atom is -0.365 e. The van der Waals surface area contributed by atoms with Crippen LogP contribution in [0.5, 0.6) is 0 Å². The molecule has 1 aromatic carbocycles. The Morgan fingerprint density at radius 1 is 1.50 bits per heavy atom. The van der Waals surface area contributed by atoms with Gasteiger partial charge in [0.2, 0.25) is 5.91 Å². The summed E-state index contributed by atoms with van der Waals surface area (Å²) in [6.45, 7) is 3.03. The molecule has 0 bridgehead atoms. The number of halogens is 1. The number of benzene rings is 1. The number of likely N-dealkylation sites (N-methyl/N-ethyl adjacent to an activating group) is 1. The van der Waals surface area contributed by atoms with Crippen molar-refractivity contribution in [1.29, 1.82) is 0 Å². The molecule has 5 heteroatoms. The van der Waals surface area contributed by atoms with Crippen LogP contribution in [0.4, 0.5) is 10.1 Å². The molecule has 0 aliphatic carbocycles. The minimum atomic E-state index is -0.337. The van der Waals surface area contributed by atoms with Crippen LogP contribution in [0.3, 0.4) is 0 Å². The number of nitrogens with one attached hydrogen (secondary N) is 1. The van der Waals surface area contributed by atoms with Crippen molar-refractivity contribution in [3.63, 3.8) is 0 Å². The number of anilines is 1. The van der Waals surface area contributed by atoms with Crippen molar-refractivity contribution in [3.8, 4) is 0 Å². The van der Waals surface area contributed by atoms with Crippen LogP contribution >= 0.6 is 0 Å². The van der Waals surface area contributed by atoms with Gasteiger partial charge in [-0.05, 0) is 18.6 Å². The Kier molecular flexibility index (Phi) is 5.58. The monoisotopic (exact) mass is 253 g/mol. The molecule has 100 valence electrons. The fraction of sp³-hybridized carbons (Fsp3) is 0.462. The summed E-state index contributed by atoms with van der Waals surface area (Å²) in [5.74, 6) is -0.404. The third kappa shape index (κ3) is 4.00. The minimum absolute atomic E-state index is 0.0670. The number of rotatable bonds is 6. The highest BCUT2D eigenvalue weighted by atomic mass is 19.1. The number of hydrogen-bond acceptors (Lipinski definition) is 3. The lowest BCUT2D eigenvalue weighted by atomic mass is 10.2. The molecule has 0 aliphatic heterocycles. The van der Waals surface area contributed by atoms with E-state index in [9.17, 15) is 9.18 Å². The van der Waals surface area contributed by atoms with Gasteiger partial charge in [-0.15, -0.1) is 0 Å². The van der Waals surface area contributed by atoms with E-state index in [1.165, 1.54) is 6.07 Å². The molecule has 0 radical (unpaired) electrons. The first-order valence-corrected chi connectivity index (χ1v) is 6.04. The Morgan fingerprint density at radius 2 is 2.22 bits per heavy atom. The van der Waals surface area contributed by atoms with Crippen molar-refractivity contribution >= 4 is 11.6 Å². The quantitative estimate of drug-likeness (QED) is 0.802. The first-order chi connectivity index (χ1) is 8.58. The molecule has 0 aliphatic rings. The van der Waals surface area contributed by atoms with Crippen LogP contribution in [0.1, 0.15) is 18.9 Å². The molecule has 0 aromatic heterocycles. The molecule has 3 N–H and O–H groups in total. The molecule has 0 saturated carbocycles. The van der Waals surface area contributed by atoms with E-state index < -0.39 is 0 Å². The van der Waals surface area contributed by atoms with Gasteiger partial charge in [0.1, 0.15) is 5.82 Å². The van der Waals surface area contributed by atoms with Crippen LogP contribution < -0.4 is 16.0 Å². The SMILES string of the molecule is CCCNC(=O)CN(C)c1ccc(CN)c(F)c1. The fourth-order valence-electron chi connectivity index (χ4n) is 1.57. The highest BCUT2D eigenvalue weighted by Gasteiger charge is 2.09. The molecule has 0 saturated heterocycles. The Hall–Kier alpha value is -1.62. The molecule has 18 heavy (non-hydrogen) atoms. The Labute approximate surface area is 107 Å². The molecule has 1 amide bonds. The third-order valence-electron chi connectivity index (χ3n) is 2.65. The molecule has 0 spiro atoms. The summed E-state index contributed by atoms with van der Waals surface area (Å²) in [5.41, 5.74) is 6.53. The Morgan fingerprint density at radius 3 is 2.78 bits per heavy atom. The van der Waals surface area contributed by atoms with E-state index in [-0.39, 0.29) is 24.8 Å². The standard InChI is InChI=1S/C13H20FN3O/c1-3-6-16-13(18)9-17(2)11-5-4-10(8-15)12(14)7-11/h4-5,7H,3,6,8-9,15H2,1-2H3,(H,16,18). The van der Waals surface area contributed by atoms with E-state index in [0.29, 0.717) is 17.8 Å². The number of hydrogen-bond donors (Lipinski definition) is 2. The summed E-state index contributed by atoms with van der Waals surface area (Å²) < 4.78 is 13.5. The average Bonchev–Trinajstić information content (AvgIpc) is 2.36. The summed E-state index contributed by atoms with van der Waals surface area (Å²) in [6, 6.07) is 4.80. The molecule has 0 unspecified atom stereocenters. The predicted molar refractivity (Wildman–Crippen MR) is 70.9 cm³/mol. The molecular formula is C13H20FN3O. The zero-order valence-electron chi connectivity index (χ0n) is 10.9. The lowest BCUT2D eigenvalue weighted by Crippen LogP contribution is -2.35. The highest BCUT2D eigenvalue weighted by molar-refractivity contribution is 5.81. The normalized spacial score (nSPS) is 10.2. The second kappa shape index (κ2) is 6.96. The maximum atomic E-state index is 13.5. The highest BCUT2D eigenvalue weighted by Crippen LogP contribution is 2.17. The van der Waals surface area contributed by atoms with Gasteiger partial charge >= 0.3 is 0 Å². The summed E-state index contributed by atoms with van der Waals surface area (Å²) in [7, 11) is 1.75. The van der Waals surface area contributed by atoms with E-state index in [1.807, 2.05) is 6.92 Å². The van der Waals surface area contributed by atoms with Gasteiger partial charge in [-0.25, -0.2) is 4.39 Å². The lowest BCUT2D eigenvalue weighted by Gasteiger charge is -2.19. The number of carbonyl (C=O) groups excluding carboxylic acids is 1. The van der Waals surface area contributed by atoms with E-state index in [0.717, 1.165) is 6.42 Å². The first kappa shape index (κ1) is 14.4. The van der Waals surface area contributed by atoms with Crippen molar-refractivity contribution < 1.29 is 9.18 Å². The van der Waals surface area contributed by atoms with Crippen LogP contribution in [0.15, 0.2) is 18.2 Å². The van der Waals surface area contributed by atoms with Gasteiger partial charge in [0.25, 0.3) is 0 Å². The van der Waals surface area contributed by atoms with Crippen LogP contribution in [0.25, 0.3) is 0 Å². The van der Waals surface area contributed by atoms with Crippen LogP contribution in [0, 0.1) is 5.82 Å². The van der Waals surface area contributed by atoms with Gasteiger partial charge in [0.05, 0.1) is 6.54 Å². The van der Waals surface area contributed by atoms with Gasteiger partial charge < -0.3 is 16.0 Å². The molecule has 0 fully saturated rings. The zero-order chi connectivity index (χ0) is 13.5. The summed E-state index contributed by atoms with van der Waals surface area (Å²) in [5, 5.41) is 2.78. The maximum absolute atomic E-state index is 13.5. The summed E-state index contributed by atoms with van der Waals surface area (Å²) in [6.07, 6.45) is 0.898. The van der Waals surface area contributed by atoms with Gasteiger partial charge in [-0.3, -0.25) is 4.79 Å². The van der Waals surface area contributed by atoms with Crippen molar-refractivity contribution in [3.05, 3.63) is 29.6 Å². The molecule has 1 rings (SSSR count). The van der Waals surface area contributed by atoms with Crippen molar-refractivity contribution in [1.82, 2.24) is 5.32 Å². The van der Waals surface area contributed by atoms with Gasteiger partial charge in [0, 0.05) is 31.4 Å². The number of amides is 1. The van der Waals surface area contributed by atoms with Crippen molar-refractivity contribution in [2.75, 3.05) is 25.0 Å². The van der Waals surface area contributed by atoms with Crippen LogP contribution in [0.2, 0.25) is 0 Å². The average molecular weight is 253 g/mol. The van der Waals surface area contributed by atoms with E-state index in [2.05, 4.69) is 5.32 Å². The van der Waals surface area contributed by atoms with Crippen LogP contribution in [-0.4, -0.2) is 26.0 Å². The number of nitrogens with zero attached hydrogens (tertiary/aromatic N) is 1. The molecule has 0 atom stereocenters. The number of carbonyl (C=O) groups is 1. The lowest BCUT2D eigenvalue weighted by molar-refractivity contribution is -0.119. The van der Waals surface area contributed by atoms with Gasteiger partial charge in [-0.1, -0.05) is 13.0 Å². The molecule has 1 aromatic rings. The van der Waals surface area contributed by atoms with E-state index in [4.69, 9.17) is 5.73 Å². The molecule has 4 nitrogen and oxygen atoms in total. The fourth-order valence-corrected chi connectivity index (χ4v) is 1.57. The first-order valence-electron chi connectivity index (χ1n) is 6.04. The third-order valence-corrected chi connectivity index (χ3v) is 2.65. The van der Waals surface area contributed by atoms with Crippen molar-refractivity contribution in [2.45, 2.75) is 19.9 Å². The summed E-state index contributed by atoms with van der Waals surface area (Å²) in [4.78, 5) is 13.2. The predicted octanol–water partition coefficient (Wildman–Crippen LogP) is 1.25. The van der Waals surface area contributed by atoms with Crippen molar-refractivity contribution in [2.24, 2.45) is 5.73 Å².